The third-order valence-corrected chi connectivity index (χ3v) is 4.07. The average Bonchev–Trinajstić information content (AvgIpc) is 2.97. The lowest BCUT2D eigenvalue weighted by molar-refractivity contribution is -0.385. The van der Waals surface area contributed by atoms with E-state index in [1.165, 1.54) is 30.4 Å². The zero-order valence-corrected chi connectivity index (χ0v) is 12.6. The van der Waals surface area contributed by atoms with E-state index in [2.05, 4.69) is 22.2 Å². The van der Waals surface area contributed by atoms with Gasteiger partial charge in [-0.15, -0.1) is 0 Å². The Kier molecular flexibility index (Phi) is 3.97. The molecule has 1 atom stereocenters. The lowest BCUT2D eigenvalue weighted by Gasteiger charge is -2.16. The maximum absolute atomic E-state index is 11.8. The molecule has 6 nitrogen and oxygen atoms in total. The molecule has 3 rings (SSSR count). The first kappa shape index (κ1) is 15.0. The molecule has 0 aliphatic heterocycles. The number of rotatable bonds is 4. The van der Waals surface area contributed by atoms with Crippen LogP contribution in [-0.4, -0.2) is 18.0 Å². The molecule has 1 aliphatic carbocycles. The number of hydrogen-bond acceptors (Lipinski definition) is 5. The first-order valence-electron chi connectivity index (χ1n) is 7.31. The molecule has 2 aromatic rings. The van der Waals surface area contributed by atoms with Gasteiger partial charge < -0.3 is 10.1 Å². The van der Waals surface area contributed by atoms with Gasteiger partial charge in [0.15, 0.2) is 0 Å². The summed E-state index contributed by atoms with van der Waals surface area (Å²) < 4.78 is 4.64. The molecule has 1 unspecified atom stereocenters. The van der Waals surface area contributed by atoms with Crippen LogP contribution >= 0.6 is 0 Å². The van der Waals surface area contributed by atoms with E-state index in [0.717, 1.165) is 12.8 Å². The molecule has 0 spiro atoms. The Balaban J connectivity index is 1.90. The van der Waals surface area contributed by atoms with Crippen LogP contribution in [0.4, 0.5) is 11.4 Å². The number of esters is 1. The standard InChI is InChI=1S/C17H16N2O4/c1-23-17(20)14-10-12(7-9-16(14)19(21)22)18-15-8-6-11-4-2-3-5-13(11)15/h2-5,7,9-10,15,18H,6,8H2,1H3. The summed E-state index contributed by atoms with van der Waals surface area (Å²) in [5, 5.41) is 14.4. The molecular weight excluding hydrogens is 296 g/mol. The van der Waals surface area contributed by atoms with Gasteiger partial charge in [-0.3, -0.25) is 10.1 Å². The summed E-state index contributed by atoms with van der Waals surface area (Å²) in [5.74, 6) is -0.716. The summed E-state index contributed by atoms with van der Waals surface area (Å²) in [4.78, 5) is 22.2. The SMILES string of the molecule is COC(=O)c1cc(NC2CCc3ccccc32)ccc1[N+](=O)[O-]. The molecule has 6 heteroatoms. The fourth-order valence-electron chi connectivity index (χ4n) is 2.97. The number of nitrogens with zero attached hydrogens (tertiary/aromatic N) is 1. The fourth-order valence-corrected chi connectivity index (χ4v) is 2.97. The number of carbonyl (C=O) groups excluding carboxylic acids is 1. The second kappa shape index (κ2) is 6.08. The van der Waals surface area contributed by atoms with E-state index in [4.69, 9.17) is 0 Å². The van der Waals surface area contributed by atoms with Crippen molar-refractivity contribution in [2.45, 2.75) is 18.9 Å². The molecule has 23 heavy (non-hydrogen) atoms. The second-order valence-corrected chi connectivity index (χ2v) is 5.42. The summed E-state index contributed by atoms with van der Waals surface area (Å²) in [5.41, 5.74) is 2.89. The molecule has 118 valence electrons. The quantitative estimate of drug-likeness (QED) is 0.531. The minimum atomic E-state index is -0.716. The fraction of sp³-hybridized carbons (Fsp3) is 0.235. The lowest BCUT2D eigenvalue weighted by atomic mass is 10.1. The number of anilines is 1. The average molecular weight is 312 g/mol. The Morgan fingerprint density at radius 2 is 2.09 bits per heavy atom. The van der Waals surface area contributed by atoms with E-state index in [-0.39, 0.29) is 17.3 Å². The van der Waals surface area contributed by atoms with Crippen LogP contribution in [0.1, 0.15) is 33.9 Å². The largest absolute Gasteiger partial charge is 0.465 e. The van der Waals surface area contributed by atoms with Gasteiger partial charge in [-0.05, 0) is 36.1 Å². The van der Waals surface area contributed by atoms with Gasteiger partial charge in [-0.1, -0.05) is 24.3 Å². The van der Waals surface area contributed by atoms with Crippen molar-refractivity contribution in [3.63, 3.8) is 0 Å². The molecule has 0 saturated heterocycles. The van der Waals surface area contributed by atoms with Gasteiger partial charge in [-0.2, -0.15) is 0 Å². The van der Waals surface area contributed by atoms with Crippen molar-refractivity contribution in [3.05, 3.63) is 69.3 Å². The van der Waals surface area contributed by atoms with E-state index >= 15 is 0 Å². The Morgan fingerprint density at radius 1 is 1.30 bits per heavy atom. The highest BCUT2D eigenvalue weighted by atomic mass is 16.6. The van der Waals surface area contributed by atoms with Gasteiger partial charge in [0.25, 0.3) is 5.69 Å². The zero-order chi connectivity index (χ0) is 16.4. The Bertz CT molecular complexity index is 773. The molecule has 0 fully saturated rings. The van der Waals surface area contributed by atoms with Crippen molar-refractivity contribution in [3.8, 4) is 0 Å². The number of methoxy groups -OCH3 is 1. The van der Waals surface area contributed by atoms with E-state index in [1.807, 2.05) is 12.1 Å². The van der Waals surface area contributed by atoms with Crippen molar-refractivity contribution >= 4 is 17.3 Å². The molecule has 2 aromatic carbocycles. The van der Waals surface area contributed by atoms with E-state index in [1.54, 1.807) is 6.07 Å². The maximum atomic E-state index is 11.8. The topological polar surface area (TPSA) is 81.5 Å². The van der Waals surface area contributed by atoms with Crippen LogP contribution in [0.3, 0.4) is 0 Å². The minimum absolute atomic E-state index is 0.0474. The molecule has 1 aliphatic rings. The van der Waals surface area contributed by atoms with Crippen LogP contribution in [0.25, 0.3) is 0 Å². The van der Waals surface area contributed by atoms with Crippen LogP contribution in [0.15, 0.2) is 42.5 Å². The molecule has 0 saturated carbocycles. The number of aryl methyl sites for hydroxylation is 1. The minimum Gasteiger partial charge on any atom is -0.465 e. The number of benzene rings is 2. The molecule has 0 radical (unpaired) electrons. The Hall–Kier alpha value is -2.89. The van der Waals surface area contributed by atoms with Crippen LogP contribution in [0.2, 0.25) is 0 Å². The van der Waals surface area contributed by atoms with Crippen molar-refractivity contribution < 1.29 is 14.5 Å². The molecule has 1 N–H and O–H groups in total. The van der Waals surface area contributed by atoms with Gasteiger partial charge >= 0.3 is 5.97 Å². The number of ether oxygens (including phenoxy) is 1. The maximum Gasteiger partial charge on any atom is 0.344 e. The summed E-state index contributed by atoms with van der Waals surface area (Å²) in [7, 11) is 1.21. The summed E-state index contributed by atoms with van der Waals surface area (Å²) in [6.07, 6.45) is 1.94. The van der Waals surface area contributed by atoms with E-state index in [9.17, 15) is 14.9 Å². The van der Waals surface area contributed by atoms with Crippen LogP contribution in [-0.2, 0) is 11.2 Å². The van der Waals surface area contributed by atoms with E-state index in [0.29, 0.717) is 5.69 Å². The number of hydrogen-bond donors (Lipinski definition) is 1. The zero-order valence-electron chi connectivity index (χ0n) is 12.6. The summed E-state index contributed by atoms with van der Waals surface area (Å²) >= 11 is 0. The Labute approximate surface area is 133 Å². The van der Waals surface area contributed by atoms with Gasteiger partial charge in [0.05, 0.1) is 18.1 Å². The summed E-state index contributed by atoms with van der Waals surface area (Å²) in [6.45, 7) is 0. The van der Waals surface area contributed by atoms with Crippen LogP contribution < -0.4 is 5.32 Å². The number of fused-ring (bicyclic) bond motifs is 1. The molecule has 0 bridgehead atoms. The first-order chi connectivity index (χ1) is 11.1. The van der Waals surface area contributed by atoms with Crippen molar-refractivity contribution in [2.75, 3.05) is 12.4 Å². The highest BCUT2D eigenvalue weighted by Gasteiger charge is 2.24. The lowest BCUT2D eigenvalue weighted by Crippen LogP contribution is -2.10. The predicted molar refractivity (Wildman–Crippen MR) is 85.6 cm³/mol. The van der Waals surface area contributed by atoms with Gasteiger partial charge in [0.2, 0.25) is 0 Å². The first-order valence-corrected chi connectivity index (χ1v) is 7.31. The third-order valence-electron chi connectivity index (χ3n) is 4.07. The molecule has 0 aromatic heterocycles. The van der Waals surface area contributed by atoms with Crippen molar-refractivity contribution in [1.82, 2.24) is 0 Å². The summed E-state index contributed by atoms with van der Waals surface area (Å²) in [6, 6.07) is 12.8. The van der Waals surface area contributed by atoms with Crippen molar-refractivity contribution in [2.24, 2.45) is 0 Å². The van der Waals surface area contributed by atoms with Crippen LogP contribution in [0.5, 0.6) is 0 Å². The predicted octanol–water partition coefficient (Wildman–Crippen LogP) is 3.48. The molecule has 0 amide bonds. The van der Waals surface area contributed by atoms with Gasteiger partial charge in [-0.25, -0.2) is 4.79 Å². The smallest absolute Gasteiger partial charge is 0.344 e. The third kappa shape index (κ3) is 2.88. The highest BCUT2D eigenvalue weighted by Crippen LogP contribution is 2.34. The van der Waals surface area contributed by atoms with Gasteiger partial charge in [0.1, 0.15) is 5.56 Å². The van der Waals surface area contributed by atoms with Gasteiger partial charge in [0, 0.05) is 11.8 Å². The van der Waals surface area contributed by atoms with Crippen LogP contribution in [0, 0.1) is 10.1 Å². The van der Waals surface area contributed by atoms with E-state index < -0.39 is 10.9 Å². The number of nitro groups is 1. The van der Waals surface area contributed by atoms with Crippen molar-refractivity contribution in [1.29, 1.82) is 0 Å². The second-order valence-electron chi connectivity index (χ2n) is 5.42. The number of nitrogens with one attached hydrogen (secondary N) is 1. The normalized spacial score (nSPS) is 15.8. The monoisotopic (exact) mass is 312 g/mol. The Morgan fingerprint density at radius 3 is 2.83 bits per heavy atom. The highest BCUT2D eigenvalue weighted by molar-refractivity contribution is 5.95. The molecular formula is C17H16N2O4. The number of carbonyl (C=O) groups is 1. The molecule has 0 heterocycles. The number of nitro benzene ring substituents is 1.